The largest absolute Gasteiger partial charge is 0.461 e. The van der Waals surface area contributed by atoms with Gasteiger partial charge >= 0.3 is 18.2 Å². The molecular formula is C48H47F2N13O9. The summed E-state index contributed by atoms with van der Waals surface area (Å²) in [5.74, 6) is -1.23. The second-order valence-corrected chi connectivity index (χ2v) is 17.5. The van der Waals surface area contributed by atoms with Gasteiger partial charge in [-0.15, -0.1) is 10.2 Å². The van der Waals surface area contributed by atoms with Gasteiger partial charge in [-0.25, -0.2) is 27.7 Å². The van der Waals surface area contributed by atoms with Gasteiger partial charge in [-0.2, -0.15) is 0 Å². The molecule has 6 aromatic rings. The molecule has 9 heterocycles. The van der Waals surface area contributed by atoms with Crippen molar-refractivity contribution in [3.8, 4) is 22.3 Å². The number of carbonyl (C=O) groups excluding carboxylic acids is 3. The Kier molecular flexibility index (Phi) is 14.1. The fourth-order valence-corrected chi connectivity index (χ4v) is 8.69. The number of pyridine rings is 2. The number of aromatic nitrogens is 8. The van der Waals surface area contributed by atoms with Crippen LogP contribution in [0.2, 0.25) is 0 Å². The highest BCUT2D eigenvalue weighted by molar-refractivity contribution is 6.00. The van der Waals surface area contributed by atoms with Crippen molar-refractivity contribution in [2.75, 3.05) is 49.2 Å². The van der Waals surface area contributed by atoms with E-state index in [1.807, 2.05) is 0 Å². The van der Waals surface area contributed by atoms with Crippen molar-refractivity contribution in [1.82, 2.24) is 45.3 Å². The Morgan fingerprint density at radius 1 is 0.694 bits per heavy atom. The molecule has 0 saturated carbocycles. The lowest BCUT2D eigenvalue weighted by Crippen LogP contribution is -2.33. The van der Waals surface area contributed by atoms with Gasteiger partial charge in [0, 0.05) is 59.9 Å². The molecule has 5 aliphatic heterocycles. The predicted molar refractivity (Wildman–Crippen MR) is 250 cm³/mol. The number of carbonyl (C=O) groups is 3. The van der Waals surface area contributed by atoms with Gasteiger partial charge in [0.25, 0.3) is 0 Å². The van der Waals surface area contributed by atoms with E-state index in [1.54, 1.807) is 95.1 Å². The number of nitrogens with one attached hydrogen (secondary N) is 1. The highest BCUT2D eigenvalue weighted by Crippen LogP contribution is 2.32. The summed E-state index contributed by atoms with van der Waals surface area (Å²) >= 11 is 0. The lowest BCUT2D eigenvalue weighted by molar-refractivity contribution is -0.153. The highest BCUT2D eigenvalue weighted by atomic mass is 19.1. The van der Waals surface area contributed by atoms with E-state index in [2.05, 4.69) is 46.2 Å². The number of oxime groups is 2. The monoisotopic (exact) mass is 987 g/mol. The van der Waals surface area contributed by atoms with Gasteiger partial charge in [0.15, 0.2) is 12.2 Å². The summed E-state index contributed by atoms with van der Waals surface area (Å²) in [5, 5.41) is 35.6. The Hall–Kier alpha value is -8.25. The van der Waals surface area contributed by atoms with Gasteiger partial charge in [-0.05, 0) is 74.5 Å². The fourth-order valence-electron chi connectivity index (χ4n) is 8.69. The van der Waals surface area contributed by atoms with Crippen molar-refractivity contribution in [2.24, 2.45) is 16.2 Å². The molecule has 0 spiro atoms. The first-order chi connectivity index (χ1) is 35.1. The van der Waals surface area contributed by atoms with Crippen LogP contribution in [0, 0.1) is 17.6 Å². The van der Waals surface area contributed by atoms with Crippen LogP contribution >= 0.6 is 0 Å². The zero-order valence-electron chi connectivity index (χ0n) is 38.4. The molecule has 0 radical (unpaired) electrons. The molecule has 2 amide bonds. The lowest BCUT2D eigenvalue weighted by Gasteiger charge is -2.21. The summed E-state index contributed by atoms with van der Waals surface area (Å²) < 4.78 is 49.4. The summed E-state index contributed by atoms with van der Waals surface area (Å²) in [6.45, 7) is 2.95. The summed E-state index contributed by atoms with van der Waals surface area (Å²) in [6.07, 6.45) is 9.45. The maximum absolute atomic E-state index is 15.1. The molecule has 22 nitrogen and oxygen atoms in total. The first kappa shape index (κ1) is 47.4. The predicted octanol–water partition coefficient (Wildman–Crippen LogP) is 4.53. The van der Waals surface area contributed by atoms with Crippen LogP contribution in [0.1, 0.15) is 37.1 Å². The summed E-state index contributed by atoms with van der Waals surface area (Å²) in [7, 11) is 0. The minimum atomic E-state index is -0.540. The molecule has 2 aromatic carbocycles. The molecular weight excluding hydrogens is 941 g/mol. The van der Waals surface area contributed by atoms with E-state index in [9.17, 15) is 18.8 Å². The molecule has 4 atom stereocenters. The summed E-state index contributed by atoms with van der Waals surface area (Å²) in [5.41, 5.74) is 5.18. The molecule has 4 aromatic heterocycles. The topological polar surface area (TPSA) is 248 Å². The molecule has 3 saturated heterocycles. The number of piperidine rings is 1. The minimum absolute atomic E-state index is 0.0711. The number of halogens is 2. The number of aliphatic hydroxyl groups is 1. The van der Waals surface area contributed by atoms with Gasteiger partial charge in [0.05, 0.1) is 73.9 Å². The quantitative estimate of drug-likeness (QED) is 0.112. The number of amides is 2. The number of hydrogen-bond acceptors (Lipinski definition) is 18. The Morgan fingerprint density at radius 2 is 1.21 bits per heavy atom. The average molecular weight is 988 g/mol. The van der Waals surface area contributed by atoms with E-state index in [4.69, 9.17) is 29.0 Å². The molecule has 372 valence electrons. The maximum Gasteiger partial charge on any atom is 0.414 e. The molecule has 5 aliphatic rings. The second kappa shape index (κ2) is 21.4. The zero-order chi connectivity index (χ0) is 49.6. The minimum Gasteiger partial charge on any atom is -0.461 e. The zero-order valence-corrected chi connectivity index (χ0v) is 38.4. The summed E-state index contributed by atoms with van der Waals surface area (Å²) in [6, 6.07) is 16.2. The average Bonchev–Trinajstić information content (AvgIpc) is 4.29. The smallest absolute Gasteiger partial charge is 0.414 e. The van der Waals surface area contributed by atoms with E-state index < -0.39 is 36.0 Å². The van der Waals surface area contributed by atoms with Crippen LogP contribution in [-0.2, 0) is 41.8 Å². The van der Waals surface area contributed by atoms with Gasteiger partial charge < -0.3 is 34.3 Å². The van der Waals surface area contributed by atoms with Gasteiger partial charge in [-0.1, -0.05) is 32.9 Å². The van der Waals surface area contributed by atoms with Crippen LogP contribution < -0.4 is 15.1 Å². The Balaban J connectivity index is 0.000000170. The van der Waals surface area contributed by atoms with Crippen molar-refractivity contribution in [3.05, 3.63) is 121 Å². The van der Waals surface area contributed by atoms with Crippen LogP contribution in [0.25, 0.3) is 22.3 Å². The Labute approximate surface area is 409 Å². The molecule has 72 heavy (non-hydrogen) atoms. The van der Waals surface area contributed by atoms with Crippen LogP contribution in [0.5, 0.6) is 0 Å². The number of ether oxygens (including phenoxy) is 3. The van der Waals surface area contributed by atoms with E-state index in [1.165, 1.54) is 21.9 Å². The number of esters is 1. The van der Waals surface area contributed by atoms with Crippen molar-refractivity contribution < 1.29 is 52.2 Å². The number of cyclic esters (lactones) is 2. The molecule has 2 unspecified atom stereocenters. The first-order valence-electron chi connectivity index (χ1n) is 23.2. The second-order valence-electron chi connectivity index (χ2n) is 17.5. The molecule has 3 fully saturated rings. The molecule has 24 heteroatoms. The van der Waals surface area contributed by atoms with Gasteiger partial charge in [0.2, 0.25) is 0 Å². The van der Waals surface area contributed by atoms with Gasteiger partial charge in [-0.3, -0.25) is 24.6 Å². The number of nitrogens with zero attached hydrogens (tertiary/aromatic N) is 12. The Morgan fingerprint density at radius 3 is 1.65 bits per heavy atom. The number of anilines is 2. The first-order valence-corrected chi connectivity index (χ1v) is 23.2. The Bertz CT molecular complexity index is 2940. The van der Waals surface area contributed by atoms with Crippen LogP contribution in [-0.4, -0.2) is 138 Å². The van der Waals surface area contributed by atoms with Gasteiger partial charge in [0.1, 0.15) is 41.9 Å². The van der Waals surface area contributed by atoms with Crippen molar-refractivity contribution in [1.29, 1.82) is 0 Å². The highest BCUT2D eigenvalue weighted by Gasteiger charge is 2.35. The number of rotatable bonds is 14. The van der Waals surface area contributed by atoms with Crippen LogP contribution in [0.15, 0.2) is 108 Å². The molecule has 11 rings (SSSR count). The van der Waals surface area contributed by atoms with E-state index >= 15 is 4.39 Å². The van der Waals surface area contributed by atoms with E-state index in [0.717, 1.165) is 25.9 Å². The van der Waals surface area contributed by atoms with E-state index in [0.29, 0.717) is 82.4 Å². The lowest BCUT2D eigenvalue weighted by atomic mass is 9.98. The van der Waals surface area contributed by atoms with Crippen LogP contribution in [0.4, 0.5) is 29.7 Å². The van der Waals surface area contributed by atoms with Crippen molar-refractivity contribution in [2.45, 2.75) is 63.2 Å². The maximum atomic E-state index is 15.1. The van der Waals surface area contributed by atoms with Crippen LogP contribution in [0.3, 0.4) is 0 Å². The fraction of sp³-hybridized carbons (Fsp3) is 0.354. The number of aliphatic hydroxyl groups excluding tert-OH is 1. The normalized spacial score (nSPS) is 20.8. The van der Waals surface area contributed by atoms with E-state index in [-0.39, 0.29) is 50.4 Å². The molecule has 2 N–H and O–H groups in total. The molecule has 0 aliphatic carbocycles. The third kappa shape index (κ3) is 10.9. The molecule has 0 bridgehead atoms. The van der Waals surface area contributed by atoms with Crippen molar-refractivity contribution in [3.63, 3.8) is 0 Å². The third-order valence-corrected chi connectivity index (χ3v) is 12.5. The third-order valence-electron chi connectivity index (χ3n) is 12.5. The van der Waals surface area contributed by atoms with Crippen molar-refractivity contribution >= 4 is 41.0 Å². The SMILES string of the molecule is O=C(OCC1CC(c2ccc(-c3ccc(N4C[C@H](Cn5ccnn5)OC4=O)cc3F)cn2)=NO1)C1CCNCC1.O=C1O[C@@H](Cn2ccnn2)CN1c1ccc(-c2ccc(C3=NOC(CO)C3)nc2)c(F)c1. The standard InChI is InChI=1S/C27H28FN7O5.C21H19FN6O4/c28-23-11-19(35-15-21(39-27(35)37)14-34-10-9-31-33-34)2-3-22(23)18-1-4-24(30-13-18)25-12-20(40-32-25)16-38-26(36)17-5-7-29-8-6-17;22-18-7-14(28-11-16(31-21(28)30)10-27-6-5-24-26-27)2-3-17(18)13-1-4-19(23-9-13)20-8-15(12-29)32-25-20/h1-4,9-11,13,17,20-21,29H,5-8,12,14-16H2;1-7,9,15-16,29H,8,10-12H2/t20?,21-;15?,16-/m00/s1. The number of hydrogen-bond donors (Lipinski definition) is 2. The summed E-state index contributed by atoms with van der Waals surface area (Å²) in [4.78, 5) is 59.1. The number of benzene rings is 2.